The molecular weight excluding hydrogens is 210 g/mol. The van der Waals surface area contributed by atoms with E-state index in [9.17, 15) is 0 Å². The second kappa shape index (κ2) is 4.45. The maximum atomic E-state index is 5.48. The van der Waals surface area contributed by atoms with Gasteiger partial charge in [-0.15, -0.1) is 0 Å². The van der Waals surface area contributed by atoms with Crippen LogP contribution in [0.2, 0.25) is 0 Å². The Morgan fingerprint density at radius 3 is 3.00 bits per heavy atom. The summed E-state index contributed by atoms with van der Waals surface area (Å²) in [6.45, 7) is 5.90. The zero-order chi connectivity index (χ0) is 10.8. The molecule has 0 amide bonds. The average Bonchev–Trinajstić information content (AvgIpc) is 2.61. The van der Waals surface area contributed by atoms with E-state index in [4.69, 9.17) is 17.0 Å². The molecule has 1 aliphatic heterocycles. The van der Waals surface area contributed by atoms with Gasteiger partial charge in [-0.3, -0.25) is 5.10 Å². The molecule has 1 N–H and O–H groups in total. The highest BCUT2D eigenvalue weighted by Crippen LogP contribution is 2.25. The molecule has 0 saturated carbocycles. The third-order valence-corrected chi connectivity index (χ3v) is 3.06. The van der Waals surface area contributed by atoms with Gasteiger partial charge in [0, 0.05) is 18.6 Å². The van der Waals surface area contributed by atoms with Gasteiger partial charge < -0.3 is 9.30 Å². The van der Waals surface area contributed by atoms with E-state index >= 15 is 0 Å². The van der Waals surface area contributed by atoms with Crippen LogP contribution in [-0.4, -0.2) is 28.0 Å². The molecule has 1 aliphatic rings. The molecule has 0 radical (unpaired) electrons. The highest BCUT2D eigenvalue weighted by atomic mass is 32.1. The largest absolute Gasteiger partial charge is 0.381 e. The first-order chi connectivity index (χ1) is 7.20. The molecule has 1 atom stereocenters. The van der Waals surface area contributed by atoms with Crippen LogP contribution in [0.5, 0.6) is 0 Å². The lowest BCUT2D eigenvalue weighted by molar-refractivity contribution is 0.0766. The van der Waals surface area contributed by atoms with Crippen molar-refractivity contribution in [1.82, 2.24) is 14.8 Å². The molecule has 0 aliphatic carbocycles. The summed E-state index contributed by atoms with van der Waals surface area (Å²) < 4.78 is 8.28. The molecule has 15 heavy (non-hydrogen) atoms. The van der Waals surface area contributed by atoms with Crippen LogP contribution < -0.4 is 0 Å². The molecule has 0 spiro atoms. The molecule has 84 valence electrons. The lowest BCUT2D eigenvalue weighted by Gasteiger charge is -2.22. The molecule has 0 aromatic carbocycles. The lowest BCUT2D eigenvalue weighted by Crippen LogP contribution is -2.20. The summed E-state index contributed by atoms with van der Waals surface area (Å²) in [5, 5.41) is 7.20. The summed E-state index contributed by atoms with van der Waals surface area (Å²) in [5.74, 6) is 1.45. The van der Waals surface area contributed by atoms with E-state index in [2.05, 4.69) is 28.6 Å². The fourth-order valence-electron chi connectivity index (χ4n) is 2.05. The van der Waals surface area contributed by atoms with Crippen LogP contribution in [0.25, 0.3) is 0 Å². The van der Waals surface area contributed by atoms with Gasteiger partial charge in [0.05, 0.1) is 6.61 Å². The normalized spacial score (nSPS) is 22.2. The number of nitrogens with one attached hydrogen (secondary N) is 1. The van der Waals surface area contributed by atoms with E-state index in [0.29, 0.717) is 16.7 Å². The SMILES string of the molecule is CC(C)n1c(C2CCCOC2)n[nH]c1=S. The van der Waals surface area contributed by atoms with Crippen molar-refractivity contribution in [3.05, 3.63) is 10.6 Å². The van der Waals surface area contributed by atoms with E-state index in [1.165, 1.54) is 0 Å². The Morgan fingerprint density at radius 1 is 1.60 bits per heavy atom. The van der Waals surface area contributed by atoms with Crippen LogP contribution in [0.4, 0.5) is 0 Å². The molecule has 1 saturated heterocycles. The van der Waals surface area contributed by atoms with Crippen molar-refractivity contribution in [1.29, 1.82) is 0 Å². The fraction of sp³-hybridized carbons (Fsp3) is 0.800. The van der Waals surface area contributed by atoms with Gasteiger partial charge in [0.15, 0.2) is 4.77 Å². The van der Waals surface area contributed by atoms with Crippen LogP contribution in [0.1, 0.15) is 44.5 Å². The maximum Gasteiger partial charge on any atom is 0.195 e. The number of hydrogen-bond donors (Lipinski definition) is 1. The van der Waals surface area contributed by atoms with Gasteiger partial charge in [0.1, 0.15) is 5.82 Å². The molecule has 1 fully saturated rings. The Kier molecular flexibility index (Phi) is 3.21. The smallest absolute Gasteiger partial charge is 0.195 e. The summed E-state index contributed by atoms with van der Waals surface area (Å²) in [6.07, 6.45) is 2.26. The molecule has 1 aromatic heterocycles. The minimum atomic E-state index is 0.355. The van der Waals surface area contributed by atoms with Crippen LogP contribution in [0.3, 0.4) is 0 Å². The van der Waals surface area contributed by atoms with Crippen molar-refractivity contribution in [2.45, 2.75) is 38.6 Å². The summed E-state index contributed by atoms with van der Waals surface area (Å²) in [5.41, 5.74) is 0. The zero-order valence-corrected chi connectivity index (χ0v) is 10.0. The number of rotatable bonds is 2. The lowest BCUT2D eigenvalue weighted by atomic mass is 10.0. The Balaban J connectivity index is 2.30. The Bertz CT molecular complexity index is 376. The van der Waals surface area contributed by atoms with Crippen LogP contribution in [-0.2, 0) is 4.74 Å². The predicted octanol–water partition coefficient (Wildman–Crippen LogP) is 2.42. The van der Waals surface area contributed by atoms with E-state index < -0.39 is 0 Å². The molecule has 2 rings (SSSR count). The fourth-order valence-corrected chi connectivity index (χ4v) is 2.40. The molecule has 1 unspecified atom stereocenters. The number of aromatic amines is 1. The highest BCUT2D eigenvalue weighted by molar-refractivity contribution is 7.71. The molecular formula is C10H17N3OS. The van der Waals surface area contributed by atoms with Gasteiger partial charge in [0.2, 0.25) is 0 Å². The molecule has 4 nitrogen and oxygen atoms in total. The van der Waals surface area contributed by atoms with Crippen molar-refractivity contribution < 1.29 is 4.74 Å². The standard InChI is InChI=1S/C10H17N3OS/c1-7(2)13-9(11-12-10(13)15)8-4-3-5-14-6-8/h7-8H,3-6H2,1-2H3,(H,12,15). The summed E-state index contributed by atoms with van der Waals surface area (Å²) >= 11 is 5.22. The van der Waals surface area contributed by atoms with Crippen LogP contribution >= 0.6 is 12.2 Å². The van der Waals surface area contributed by atoms with Gasteiger partial charge in [-0.05, 0) is 38.9 Å². The van der Waals surface area contributed by atoms with E-state index in [0.717, 1.165) is 31.9 Å². The van der Waals surface area contributed by atoms with Crippen LogP contribution in [0, 0.1) is 4.77 Å². The predicted molar refractivity (Wildman–Crippen MR) is 60.6 cm³/mol. The maximum absolute atomic E-state index is 5.48. The van der Waals surface area contributed by atoms with E-state index in [1.54, 1.807) is 0 Å². The summed E-state index contributed by atoms with van der Waals surface area (Å²) in [6, 6.07) is 0.355. The van der Waals surface area contributed by atoms with Gasteiger partial charge in [-0.1, -0.05) is 0 Å². The topological polar surface area (TPSA) is 42.8 Å². The second-order valence-corrected chi connectivity index (χ2v) is 4.65. The molecule has 0 bridgehead atoms. The Hall–Kier alpha value is -0.680. The third-order valence-electron chi connectivity index (χ3n) is 2.77. The monoisotopic (exact) mass is 227 g/mol. The van der Waals surface area contributed by atoms with Gasteiger partial charge >= 0.3 is 0 Å². The van der Waals surface area contributed by atoms with Crippen molar-refractivity contribution in [3.63, 3.8) is 0 Å². The van der Waals surface area contributed by atoms with Crippen molar-refractivity contribution in [2.24, 2.45) is 0 Å². The highest BCUT2D eigenvalue weighted by Gasteiger charge is 2.22. The first-order valence-corrected chi connectivity index (χ1v) is 5.85. The number of H-pyrrole nitrogens is 1. The van der Waals surface area contributed by atoms with E-state index in [-0.39, 0.29) is 0 Å². The first-order valence-electron chi connectivity index (χ1n) is 5.44. The van der Waals surface area contributed by atoms with E-state index in [1.807, 2.05) is 0 Å². The number of aromatic nitrogens is 3. The summed E-state index contributed by atoms with van der Waals surface area (Å²) in [7, 11) is 0. The van der Waals surface area contributed by atoms with Gasteiger partial charge in [-0.2, -0.15) is 5.10 Å². The molecule has 5 heteroatoms. The van der Waals surface area contributed by atoms with Crippen molar-refractivity contribution in [3.8, 4) is 0 Å². The second-order valence-electron chi connectivity index (χ2n) is 4.26. The number of ether oxygens (including phenoxy) is 1. The zero-order valence-electron chi connectivity index (χ0n) is 9.19. The first kappa shape index (κ1) is 10.8. The third kappa shape index (κ3) is 2.13. The molecule has 1 aromatic rings. The number of hydrogen-bond acceptors (Lipinski definition) is 3. The van der Waals surface area contributed by atoms with Crippen LogP contribution in [0.15, 0.2) is 0 Å². The quantitative estimate of drug-likeness (QED) is 0.789. The van der Waals surface area contributed by atoms with Gasteiger partial charge in [-0.25, -0.2) is 0 Å². The van der Waals surface area contributed by atoms with Crippen molar-refractivity contribution >= 4 is 12.2 Å². The Morgan fingerprint density at radius 2 is 2.40 bits per heavy atom. The molecule has 2 heterocycles. The van der Waals surface area contributed by atoms with Crippen molar-refractivity contribution in [2.75, 3.05) is 13.2 Å². The minimum Gasteiger partial charge on any atom is -0.381 e. The Labute approximate surface area is 94.6 Å². The minimum absolute atomic E-state index is 0.355. The van der Waals surface area contributed by atoms with Gasteiger partial charge in [0.25, 0.3) is 0 Å². The number of nitrogens with zero attached hydrogens (tertiary/aromatic N) is 2. The summed E-state index contributed by atoms with van der Waals surface area (Å²) in [4.78, 5) is 0. The average molecular weight is 227 g/mol.